The molecule has 0 saturated heterocycles. The Bertz CT molecular complexity index is 701. The number of fused-ring (bicyclic) bond motifs is 1. The van der Waals surface area contributed by atoms with E-state index in [9.17, 15) is 13.2 Å². The molecule has 114 valence electrons. The van der Waals surface area contributed by atoms with Crippen LogP contribution in [0.25, 0.3) is 6.08 Å². The van der Waals surface area contributed by atoms with Gasteiger partial charge in [-0.3, -0.25) is 0 Å². The van der Waals surface area contributed by atoms with Crippen molar-refractivity contribution in [2.24, 2.45) is 0 Å². The lowest BCUT2D eigenvalue weighted by Crippen LogP contribution is -2.19. The molecule has 4 heteroatoms. The van der Waals surface area contributed by atoms with Crippen LogP contribution in [0.3, 0.4) is 0 Å². The predicted molar refractivity (Wildman–Crippen MR) is 81.3 cm³/mol. The predicted octanol–water partition coefficient (Wildman–Crippen LogP) is 4.43. The summed E-state index contributed by atoms with van der Waals surface area (Å²) in [6, 6.07) is 13.8. The highest BCUT2D eigenvalue weighted by Crippen LogP contribution is 2.31. The molecule has 1 aliphatic rings. The fourth-order valence-corrected chi connectivity index (χ4v) is 2.77. The number of benzene rings is 2. The van der Waals surface area contributed by atoms with E-state index in [0.717, 1.165) is 12.5 Å². The molecule has 2 aromatic carbocycles. The first-order valence-corrected chi connectivity index (χ1v) is 7.17. The van der Waals surface area contributed by atoms with Gasteiger partial charge < -0.3 is 5.32 Å². The maximum atomic E-state index is 12.9. The van der Waals surface area contributed by atoms with Crippen molar-refractivity contribution in [2.45, 2.75) is 19.1 Å². The molecule has 1 N–H and O–H groups in total. The standard InChI is InChI=1S/C18H16F3N/c19-18(20,21)17-8-4-3-7-16(17)12-22-11-13-9-14-5-1-2-6-15(14)10-13/h1-9,22H,10-12H2. The van der Waals surface area contributed by atoms with E-state index in [0.29, 0.717) is 6.54 Å². The summed E-state index contributed by atoms with van der Waals surface area (Å²) in [6.45, 7) is 0.810. The van der Waals surface area contributed by atoms with Crippen molar-refractivity contribution < 1.29 is 13.2 Å². The molecule has 0 saturated carbocycles. The molecule has 0 aliphatic heterocycles. The van der Waals surface area contributed by atoms with Crippen molar-refractivity contribution in [2.75, 3.05) is 6.54 Å². The first-order chi connectivity index (χ1) is 10.5. The highest BCUT2D eigenvalue weighted by Gasteiger charge is 2.32. The van der Waals surface area contributed by atoms with Gasteiger partial charge in [-0.15, -0.1) is 0 Å². The van der Waals surface area contributed by atoms with Crippen LogP contribution in [0.4, 0.5) is 13.2 Å². The van der Waals surface area contributed by atoms with Crippen LogP contribution in [0.2, 0.25) is 0 Å². The Morgan fingerprint density at radius 1 is 0.909 bits per heavy atom. The summed E-state index contributed by atoms with van der Waals surface area (Å²) in [5.41, 5.74) is 3.40. The summed E-state index contributed by atoms with van der Waals surface area (Å²) >= 11 is 0. The van der Waals surface area contributed by atoms with Crippen LogP contribution < -0.4 is 5.32 Å². The summed E-state index contributed by atoms with van der Waals surface area (Å²) in [7, 11) is 0. The van der Waals surface area contributed by atoms with Crippen molar-refractivity contribution in [3.05, 3.63) is 76.4 Å². The number of nitrogens with one attached hydrogen (secondary N) is 1. The van der Waals surface area contributed by atoms with Crippen LogP contribution in [-0.2, 0) is 19.1 Å². The van der Waals surface area contributed by atoms with Gasteiger partial charge in [0, 0.05) is 13.1 Å². The Morgan fingerprint density at radius 3 is 2.41 bits per heavy atom. The van der Waals surface area contributed by atoms with Gasteiger partial charge in [-0.2, -0.15) is 13.2 Å². The summed E-state index contributed by atoms with van der Waals surface area (Å²) in [4.78, 5) is 0. The van der Waals surface area contributed by atoms with Crippen LogP contribution >= 0.6 is 0 Å². The molecule has 2 aromatic rings. The van der Waals surface area contributed by atoms with Gasteiger partial charge >= 0.3 is 6.18 Å². The lowest BCUT2D eigenvalue weighted by molar-refractivity contribution is -0.138. The third-order valence-electron chi connectivity index (χ3n) is 3.82. The highest BCUT2D eigenvalue weighted by atomic mass is 19.4. The van der Waals surface area contributed by atoms with Crippen LogP contribution in [0.15, 0.2) is 54.1 Å². The fourth-order valence-electron chi connectivity index (χ4n) is 2.77. The summed E-state index contributed by atoms with van der Waals surface area (Å²) < 4.78 is 38.7. The Hall–Kier alpha value is -2.07. The van der Waals surface area contributed by atoms with Crippen LogP contribution in [0, 0.1) is 0 Å². The normalized spacial score (nSPS) is 13.9. The summed E-state index contributed by atoms with van der Waals surface area (Å²) in [5, 5.41) is 3.12. The van der Waals surface area contributed by atoms with E-state index >= 15 is 0 Å². The maximum absolute atomic E-state index is 12.9. The topological polar surface area (TPSA) is 12.0 Å². The molecule has 0 heterocycles. The van der Waals surface area contributed by atoms with Crippen molar-refractivity contribution in [1.82, 2.24) is 5.32 Å². The third-order valence-corrected chi connectivity index (χ3v) is 3.82. The zero-order valence-electron chi connectivity index (χ0n) is 12.0. The Morgan fingerprint density at radius 2 is 1.64 bits per heavy atom. The van der Waals surface area contributed by atoms with Crippen LogP contribution in [0.5, 0.6) is 0 Å². The number of rotatable bonds is 4. The summed E-state index contributed by atoms with van der Waals surface area (Å²) in [5.74, 6) is 0. The molecule has 0 radical (unpaired) electrons. The van der Waals surface area contributed by atoms with Gasteiger partial charge in [0.25, 0.3) is 0 Å². The van der Waals surface area contributed by atoms with Crippen LogP contribution in [-0.4, -0.2) is 6.54 Å². The molecule has 0 spiro atoms. The van der Waals surface area contributed by atoms with Crippen molar-refractivity contribution in [1.29, 1.82) is 0 Å². The fraction of sp³-hybridized carbons (Fsp3) is 0.222. The molecule has 0 unspecified atom stereocenters. The van der Waals surface area contributed by atoms with Gasteiger partial charge in [-0.05, 0) is 29.2 Å². The average molecular weight is 303 g/mol. The number of halogens is 3. The zero-order valence-corrected chi connectivity index (χ0v) is 12.0. The maximum Gasteiger partial charge on any atom is 0.416 e. The van der Waals surface area contributed by atoms with E-state index < -0.39 is 11.7 Å². The average Bonchev–Trinajstić information content (AvgIpc) is 2.89. The number of hydrogen-bond acceptors (Lipinski definition) is 1. The quantitative estimate of drug-likeness (QED) is 0.881. The molecule has 0 bridgehead atoms. The smallest absolute Gasteiger partial charge is 0.309 e. The number of alkyl halides is 3. The lowest BCUT2D eigenvalue weighted by Gasteiger charge is -2.13. The number of hydrogen-bond donors (Lipinski definition) is 1. The minimum atomic E-state index is -4.30. The zero-order chi connectivity index (χ0) is 15.6. The second-order valence-electron chi connectivity index (χ2n) is 5.44. The monoisotopic (exact) mass is 303 g/mol. The van der Waals surface area contributed by atoms with Gasteiger partial charge in [0.05, 0.1) is 5.56 Å². The molecule has 0 fully saturated rings. The first-order valence-electron chi connectivity index (χ1n) is 7.17. The Labute approximate surface area is 127 Å². The largest absolute Gasteiger partial charge is 0.416 e. The molecule has 0 atom stereocenters. The second kappa shape index (κ2) is 5.97. The van der Waals surface area contributed by atoms with Gasteiger partial charge in [0.2, 0.25) is 0 Å². The van der Waals surface area contributed by atoms with Gasteiger partial charge in [-0.1, -0.05) is 54.1 Å². The van der Waals surface area contributed by atoms with Gasteiger partial charge in [0.15, 0.2) is 0 Å². The van der Waals surface area contributed by atoms with E-state index in [1.54, 1.807) is 6.07 Å². The van der Waals surface area contributed by atoms with Crippen molar-refractivity contribution >= 4 is 6.08 Å². The molecule has 0 aromatic heterocycles. The molecule has 22 heavy (non-hydrogen) atoms. The van der Waals surface area contributed by atoms with Crippen molar-refractivity contribution in [3.63, 3.8) is 0 Å². The Balaban J connectivity index is 1.62. The second-order valence-corrected chi connectivity index (χ2v) is 5.44. The minimum Gasteiger partial charge on any atom is -0.309 e. The summed E-state index contributed by atoms with van der Waals surface area (Å²) in [6.07, 6.45) is -1.33. The molecule has 1 aliphatic carbocycles. The molecule has 0 amide bonds. The van der Waals surface area contributed by atoms with Gasteiger partial charge in [-0.25, -0.2) is 0 Å². The Kier molecular flexibility index (Phi) is 4.03. The lowest BCUT2D eigenvalue weighted by atomic mass is 10.1. The van der Waals surface area contributed by atoms with E-state index in [-0.39, 0.29) is 12.1 Å². The SMILES string of the molecule is FC(F)(F)c1ccccc1CNCC1=Cc2ccccc2C1. The van der Waals surface area contributed by atoms with E-state index in [4.69, 9.17) is 0 Å². The van der Waals surface area contributed by atoms with Gasteiger partial charge in [0.1, 0.15) is 0 Å². The third kappa shape index (κ3) is 3.22. The molecular weight excluding hydrogens is 287 g/mol. The molecular formula is C18H16F3N. The highest BCUT2D eigenvalue weighted by molar-refractivity contribution is 5.63. The first kappa shape index (κ1) is 14.9. The minimum absolute atomic E-state index is 0.212. The van der Waals surface area contributed by atoms with Crippen molar-refractivity contribution in [3.8, 4) is 0 Å². The molecule has 3 rings (SSSR count). The van der Waals surface area contributed by atoms with E-state index in [1.165, 1.54) is 28.8 Å². The van der Waals surface area contributed by atoms with E-state index in [1.807, 2.05) is 12.1 Å². The molecule has 1 nitrogen and oxygen atoms in total. The van der Waals surface area contributed by atoms with Crippen LogP contribution in [0.1, 0.15) is 22.3 Å². The van der Waals surface area contributed by atoms with E-state index in [2.05, 4.69) is 23.5 Å².